The van der Waals surface area contributed by atoms with E-state index < -0.39 is 5.92 Å². The summed E-state index contributed by atoms with van der Waals surface area (Å²) in [5.41, 5.74) is 2.88. The van der Waals surface area contributed by atoms with E-state index in [1.807, 2.05) is 19.1 Å². The minimum Gasteiger partial charge on any atom is -0.338 e. The van der Waals surface area contributed by atoms with Crippen molar-refractivity contribution in [3.63, 3.8) is 0 Å². The number of likely N-dealkylation sites (tertiary alicyclic amines) is 1. The van der Waals surface area contributed by atoms with Crippen LogP contribution in [0.2, 0.25) is 0 Å². The molecule has 1 amide bonds. The number of aryl methyl sites for hydroxylation is 1. The van der Waals surface area contributed by atoms with Crippen molar-refractivity contribution >= 4 is 18.3 Å². The van der Waals surface area contributed by atoms with Gasteiger partial charge in [-0.3, -0.25) is 4.79 Å². The van der Waals surface area contributed by atoms with E-state index >= 15 is 0 Å². The summed E-state index contributed by atoms with van der Waals surface area (Å²) in [6.45, 7) is 4.29. The molecule has 0 spiro atoms. The van der Waals surface area contributed by atoms with Gasteiger partial charge in [0.05, 0.1) is 0 Å². The van der Waals surface area contributed by atoms with E-state index in [9.17, 15) is 13.6 Å². The van der Waals surface area contributed by atoms with Crippen molar-refractivity contribution in [2.24, 2.45) is 0 Å². The summed E-state index contributed by atoms with van der Waals surface area (Å²) in [6.07, 6.45) is 1.78. The molecular weight excluding hydrogens is 334 g/mol. The second-order valence-corrected chi connectivity index (χ2v) is 6.75. The van der Waals surface area contributed by atoms with E-state index in [0.29, 0.717) is 11.5 Å². The minimum absolute atomic E-state index is 0. The summed E-state index contributed by atoms with van der Waals surface area (Å²) in [6, 6.07) is 6.01. The van der Waals surface area contributed by atoms with E-state index in [1.165, 1.54) is 5.56 Å². The highest BCUT2D eigenvalue weighted by Gasteiger charge is 2.36. The monoisotopic (exact) mass is 358 g/mol. The summed E-state index contributed by atoms with van der Waals surface area (Å²) in [5, 5.41) is 3.36. The molecule has 1 aromatic carbocycles. The zero-order valence-corrected chi connectivity index (χ0v) is 14.8. The lowest BCUT2D eigenvalue weighted by atomic mass is 9.88. The number of piperidine rings is 2. The zero-order valence-electron chi connectivity index (χ0n) is 14.0. The molecule has 0 saturated carbocycles. The van der Waals surface area contributed by atoms with Crippen LogP contribution in [-0.4, -0.2) is 42.9 Å². The Labute approximate surface area is 148 Å². The Bertz CT molecular complexity index is 578. The van der Waals surface area contributed by atoms with Gasteiger partial charge in [-0.15, -0.1) is 12.4 Å². The third-order valence-electron chi connectivity index (χ3n) is 5.07. The quantitative estimate of drug-likeness (QED) is 0.873. The van der Waals surface area contributed by atoms with Gasteiger partial charge in [-0.05, 0) is 56.0 Å². The first-order valence-corrected chi connectivity index (χ1v) is 8.45. The first kappa shape index (κ1) is 19.1. The van der Waals surface area contributed by atoms with Gasteiger partial charge in [-0.2, -0.15) is 0 Å². The van der Waals surface area contributed by atoms with Crippen LogP contribution in [0.1, 0.15) is 53.1 Å². The molecule has 2 fully saturated rings. The maximum Gasteiger partial charge on any atom is 0.254 e. The summed E-state index contributed by atoms with van der Waals surface area (Å²) in [7, 11) is 0. The normalized spacial score (nSPS) is 21.2. The van der Waals surface area contributed by atoms with Gasteiger partial charge < -0.3 is 10.2 Å². The maximum absolute atomic E-state index is 13.2. The highest BCUT2D eigenvalue weighted by Crippen LogP contribution is 2.30. The van der Waals surface area contributed by atoms with E-state index in [0.717, 1.165) is 31.5 Å². The van der Waals surface area contributed by atoms with Crippen LogP contribution < -0.4 is 5.32 Å². The van der Waals surface area contributed by atoms with Crippen molar-refractivity contribution in [2.45, 2.75) is 44.4 Å². The molecule has 0 aliphatic carbocycles. The van der Waals surface area contributed by atoms with E-state index in [2.05, 4.69) is 11.4 Å². The molecule has 3 nitrogen and oxygen atoms in total. The largest absolute Gasteiger partial charge is 0.338 e. The van der Waals surface area contributed by atoms with Crippen LogP contribution in [0, 0.1) is 6.92 Å². The number of amides is 1. The number of carbonyl (C=O) groups excluding carboxylic acids is 1. The van der Waals surface area contributed by atoms with Gasteiger partial charge in [-0.1, -0.05) is 12.1 Å². The third kappa shape index (κ3) is 4.25. The molecule has 2 aliphatic heterocycles. The van der Waals surface area contributed by atoms with Gasteiger partial charge in [0.25, 0.3) is 11.8 Å². The highest BCUT2D eigenvalue weighted by molar-refractivity contribution is 5.95. The Hall–Kier alpha value is -1.20. The van der Waals surface area contributed by atoms with Crippen molar-refractivity contribution < 1.29 is 13.6 Å². The fourth-order valence-corrected chi connectivity index (χ4v) is 3.54. The van der Waals surface area contributed by atoms with Crippen molar-refractivity contribution in [1.82, 2.24) is 10.2 Å². The highest BCUT2D eigenvalue weighted by atomic mass is 35.5. The van der Waals surface area contributed by atoms with Gasteiger partial charge in [-0.25, -0.2) is 8.78 Å². The fraction of sp³-hybridized carbons (Fsp3) is 0.611. The second-order valence-electron chi connectivity index (χ2n) is 6.75. The van der Waals surface area contributed by atoms with Crippen LogP contribution in [0.25, 0.3) is 0 Å². The number of benzene rings is 1. The molecule has 1 aromatic rings. The fourth-order valence-electron chi connectivity index (χ4n) is 3.54. The molecule has 24 heavy (non-hydrogen) atoms. The number of hydrogen-bond acceptors (Lipinski definition) is 2. The molecule has 2 heterocycles. The van der Waals surface area contributed by atoms with Crippen LogP contribution in [-0.2, 0) is 0 Å². The van der Waals surface area contributed by atoms with Crippen LogP contribution >= 0.6 is 12.4 Å². The maximum atomic E-state index is 13.2. The SMILES string of the molecule is Cc1cc(C2CCNCC2)ccc1C(=O)N1CCC(F)(F)CC1.Cl. The van der Waals surface area contributed by atoms with E-state index in [-0.39, 0.29) is 44.2 Å². The number of carbonyl (C=O) groups is 1. The van der Waals surface area contributed by atoms with Crippen LogP contribution in [0.15, 0.2) is 18.2 Å². The number of nitrogens with one attached hydrogen (secondary N) is 1. The Balaban J connectivity index is 0.00000208. The lowest BCUT2D eigenvalue weighted by molar-refractivity contribution is -0.0494. The Morgan fingerprint density at radius 1 is 1.21 bits per heavy atom. The molecule has 0 radical (unpaired) electrons. The summed E-state index contributed by atoms with van der Waals surface area (Å²) in [5.74, 6) is -2.19. The average molecular weight is 359 g/mol. The van der Waals surface area contributed by atoms with Crippen LogP contribution in [0.5, 0.6) is 0 Å². The molecule has 134 valence electrons. The molecule has 1 N–H and O–H groups in total. The molecule has 3 rings (SSSR count). The smallest absolute Gasteiger partial charge is 0.254 e. The van der Waals surface area contributed by atoms with Crippen molar-refractivity contribution in [1.29, 1.82) is 0 Å². The van der Waals surface area contributed by atoms with Gasteiger partial charge in [0, 0.05) is 31.5 Å². The summed E-state index contributed by atoms with van der Waals surface area (Å²) < 4.78 is 26.5. The summed E-state index contributed by atoms with van der Waals surface area (Å²) >= 11 is 0. The van der Waals surface area contributed by atoms with E-state index in [4.69, 9.17) is 0 Å². The predicted molar refractivity (Wildman–Crippen MR) is 93.4 cm³/mol. The third-order valence-corrected chi connectivity index (χ3v) is 5.07. The Kier molecular flexibility index (Phi) is 6.21. The topological polar surface area (TPSA) is 32.3 Å². The summed E-state index contributed by atoms with van der Waals surface area (Å²) in [4.78, 5) is 14.1. The first-order chi connectivity index (χ1) is 11.0. The molecule has 0 bridgehead atoms. The molecule has 0 aromatic heterocycles. The molecular formula is C18H25ClF2N2O. The van der Waals surface area contributed by atoms with Crippen molar-refractivity contribution in [2.75, 3.05) is 26.2 Å². The lowest BCUT2D eigenvalue weighted by Gasteiger charge is -2.32. The lowest BCUT2D eigenvalue weighted by Crippen LogP contribution is -2.42. The Morgan fingerprint density at radius 2 is 1.83 bits per heavy atom. The second kappa shape index (κ2) is 7.79. The molecule has 2 aliphatic rings. The standard InChI is InChI=1S/C18H24F2N2O.ClH/c1-13-12-15(14-4-8-21-9-5-14)2-3-16(13)17(23)22-10-6-18(19,20)7-11-22;/h2-3,12,14,21H,4-11H2,1H3;1H. The van der Waals surface area contributed by atoms with Gasteiger partial charge >= 0.3 is 0 Å². The molecule has 0 unspecified atom stereocenters. The first-order valence-electron chi connectivity index (χ1n) is 8.45. The number of alkyl halides is 2. The van der Waals surface area contributed by atoms with E-state index in [1.54, 1.807) is 4.90 Å². The predicted octanol–water partition coefficient (Wildman–Crippen LogP) is 3.76. The zero-order chi connectivity index (χ0) is 16.4. The molecule has 0 atom stereocenters. The van der Waals surface area contributed by atoms with Gasteiger partial charge in [0.1, 0.15) is 0 Å². The van der Waals surface area contributed by atoms with Gasteiger partial charge in [0.15, 0.2) is 0 Å². The van der Waals surface area contributed by atoms with Crippen LogP contribution in [0.4, 0.5) is 8.78 Å². The number of hydrogen-bond donors (Lipinski definition) is 1. The molecule has 2 saturated heterocycles. The Morgan fingerprint density at radius 3 is 2.42 bits per heavy atom. The average Bonchev–Trinajstić information content (AvgIpc) is 2.55. The molecule has 6 heteroatoms. The number of rotatable bonds is 2. The van der Waals surface area contributed by atoms with Crippen molar-refractivity contribution in [3.8, 4) is 0 Å². The van der Waals surface area contributed by atoms with Crippen LogP contribution in [0.3, 0.4) is 0 Å². The number of halogens is 3. The van der Waals surface area contributed by atoms with Crippen molar-refractivity contribution in [3.05, 3.63) is 34.9 Å². The number of nitrogens with zero attached hydrogens (tertiary/aromatic N) is 1. The minimum atomic E-state index is -2.62. The van der Waals surface area contributed by atoms with Gasteiger partial charge in [0.2, 0.25) is 0 Å².